The second kappa shape index (κ2) is 9.30. The van der Waals surface area contributed by atoms with E-state index in [0.29, 0.717) is 41.5 Å². The first-order valence-electron chi connectivity index (χ1n) is 9.77. The molecule has 8 nitrogen and oxygen atoms in total. The Bertz CT molecular complexity index is 956. The molecule has 30 heavy (non-hydrogen) atoms. The van der Waals surface area contributed by atoms with Gasteiger partial charge in [0.2, 0.25) is 5.91 Å². The van der Waals surface area contributed by atoms with Gasteiger partial charge >= 0.3 is 0 Å². The van der Waals surface area contributed by atoms with Gasteiger partial charge in [-0.25, -0.2) is 0 Å². The zero-order chi connectivity index (χ0) is 21.7. The minimum absolute atomic E-state index is 0.140. The monoisotopic (exact) mass is 411 g/mol. The van der Waals surface area contributed by atoms with Crippen molar-refractivity contribution < 1.29 is 23.9 Å². The number of amides is 3. The zero-order valence-corrected chi connectivity index (χ0v) is 17.3. The van der Waals surface area contributed by atoms with Crippen molar-refractivity contribution in [1.82, 2.24) is 4.90 Å². The number of hydrogen-bond acceptors (Lipinski definition) is 5. The fraction of sp³-hybridized carbons (Fsp3) is 0.318. The van der Waals surface area contributed by atoms with Crippen LogP contribution in [0.1, 0.15) is 24.2 Å². The Balaban J connectivity index is 1.84. The molecule has 3 rings (SSSR count). The maximum absolute atomic E-state index is 12.7. The summed E-state index contributed by atoms with van der Waals surface area (Å²) < 4.78 is 10.7. The van der Waals surface area contributed by atoms with E-state index in [9.17, 15) is 14.4 Å². The molecule has 1 N–H and O–H groups in total. The molecule has 0 saturated heterocycles. The molecular formula is C22H25N3O5. The number of para-hydroxylation sites is 2. The highest BCUT2D eigenvalue weighted by molar-refractivity contribution is 6.06. The number of nitrogens with zero attached hydrogens (tertiary/aromatic N) is 2. The van der Waals surface area contributed by atoms with E-state index >= 15 is 0 Å². The van der Waals surface area contributed by atoms with E-state index < -0.39 is 0 Å². The summed E-state index contributed by atoms with van der Waals surface area (Å²) in [5.74, 6) is 0.0907. The van der Waals surface area contributed by atoms with Crippen molar-refractivity contribution >= 4 is 29.1 Å². The summed E-state index contributed by atoms with van der Waals surface area (Å²) in [6.07, 6.45) is 0. The molecule has 1 heterocycles. The lowest BCUT2D eigenvalue weighted by Gasteiger charge is -2.29. The van der Waals surface area contributed by atoms with E-state index in [1.165, 1.54) is 12.0 Å². The number of benzene rings is 2. The fourth-order valence-corrected chi connectivity index (χ4v) is 3.28. The number of nitrogens with one attached hydrogen (secondary N) is 1. The lowest BCUT2D eigenvalue weighted by molar-refractivity contribution is -0.123. The number of fused-ring (bicyclic) bond motifs is 1. The molecule has 0 spiro atoms. The molecule has 0 atom stereocenters. The molecule has 0 aliphatic carbocycles. The number of carbonyl (C=O) groups excluding carboxylic acids is 3. The molecule has 2 aromatic rings. The van der Waals surface area contributed by atoms with Gasteiger partial charge in [0, 0.05) is 18.7 Å². The summed E-state index contributed by atoms with van der Waals surface area (Å²) in [5, 5.41) is 2.76. The smallest absolute Gasteiger partial charge is 0.265 e. The van der Waals surface area contributed by atoms with Crippen molar-refractivity contribution in [1.29, 1.82) is 0 Å². The molecule has 1 aliphatic heterocycles. The number of methoxy groups -OCH3 is 1. The highest BCUT2D eigenvalue weighted by Gasteiger charge is 2.29. The van der Waals surface area contributed by atoms with Gasteiger partial charge in [-0.05, 0) is 44.2 Å². The topological polar surface area (TPSA) is 88.2 Å². The maximum Gasteiger partial charge on any atom is 0.265 e. The summed E-state index contributed by atoms with van der Waals surface area (Å²) in [7, 11) is 1.52. The van der Waals surface area contributed by atoms with Gasteiger partial charge in [-0.15, -0.1) is 0 Å². The predicted molar refractivity (Wildman–Crippen MR) is 113 cm³/mol. The van der Waals surface area contributed by atoms with Gasteiger partial charge in [-0.3, -0.25) is 19.3 Å². The summed E-state index contributed by atoms with van der Waals surface area (Å²) in [6, 6.07) is 11.9. The van der Waals surface area contributed by atoms with Crippen molar-refractivity contribution in [3.05, 3.63) is 48.0 Å². The Morgan fingerprint density at radius 2 is 1.90 bits per heavy atom. The van der Waals surface area contributed by atoms with Crippen LogP contribution in [0.4, 0.5) is 11.4 Å². The number of rotatable bonds is 7. The van der Waals surface area contributed by atoms with E-state index in [0.717, 1.165) is 0 Å². The molecule has 2 aromatic carbocycles. The van der Waals surface area contributed by atoms with E-state index in [1.54, 1.807) is 47.4 Å². The summed E-state index contributed by atoms with van der Waals surface area (Å²) >= 11 is 0. The molecule has 0 unspecified atom stereocenters. The van der Waals surface area contributed by atoms with E-state index in [1.807, 2.05) is 13.8 Å². The number of hydrogen-bond donors (Lipinski definition) is 1. The van der Waals surface area contributed by atoms with Gasteiger partial charge in [0.1, 0.15) is 18.0 Å². The van der Waals surface area contributed by atoms with Crippen molar-refractivity contribution in [3.63, 3.8) is 0 Å². The Kier molecular flexibility index (Phi) is 6.56. The van der Waals surface area contributed by atoms with Crippen LogP contribution in [-0.4, -0.2) is 56.0 Å². The van der Waals surface area contributed by atoms with Crippen LogP contribution < -0.4 is 19.7 Å². The van der Waals surface area contributed by atoms with Crippen LogP contribution in [0.3, 0.4) is 0 Å². The average molecular weight is 411 g/mol. The molecular weight excluding hydrogens is 386 g/mol. The largest absolute Gasteiger partial charge is 0.495 e. The molecule has 8 heteroatoms. The Morgan fingerprint density at radius 1 is 1.17 bits per heavy atom. The number of ether oxygens (including phenoxy) is 2. The van der Waals surface area contributed by atoms with Gasteiger partial charge in [0.25, 0.3) is 11.8 Å². The molecule has 158 valence electrons. The lowest BCUT2D eigenvalue weighted by Crippen LogP contribution is -2.43. The molecule has 0 saturated carbocycles. The Morgan fingerprint density at radius 3 is 2.60 bits per heavy atom. The lowest BCUT2D eigenvalue weighted by atomic mass is 10.1. The molecule has 0 radical (unpaired) electrons. The maximum atomic E-state index is 12.7. The normalized spacial score (nSPS) is 12.6. The first-order chi connectivity index (χ1) is 14.5. The fourth-order valence-electron chi connectivity index (χ4n) is 3.28. The minimum Gasteiger partial charge on any atom is -0.495 e. The Labute approximate surface area is 175 Å². The van der Waals surface area contributed by atoms with E-state index in [2.05, 4.69) is 5.32 Å². The molecule has 0 fully saturated rings. The van der Waals surface area contributed by atoms with Crippen LogP contribution in [0.2, 0.25) is 0 Å². The highest BCUT2D eigenvalue weighted by Crippen LogP contribution is 2.33. The van der Waals surface area contributed by atoms with Gasteiger partial charge in [-0.1, -0.05) is 12.1 Å². The first-order valence-corrected chi connectivity index (χ1v) is 9.77. The van der Waals surface area contributed by atoms with E-state index in [-0.39, 0.29) is 30.9 Å². The second-order valence-electron chi connectivity index (χ2n) is 6.68. The summed E-state index contributed by atoms with van der Waals surface area (Å²) in [4.78, 5) is 40.9. The zero-order valence-electron chi connectivity index (χ0n) is 17.3. The van der Waals surface area contributed by atoms with Crippen molar-refractivity contribution in [2.75, 3.05) is 43.6 Å². The first kappa shape index (κ1) is 21.2. The van der Waals surface area contributed by atoms with E-state index in [4.69, 9.17) is 9.47 Å². The van der Waals surface area contributed by atoms with Crippen LogP contribution in [-0.2, 0) is 9.59 Å². The third kappa shape index (κ3) is 4.37. The van der Waals surface area contributed by atoms with Crippen molar-refractivity contribution in [3.8, 4) is 11.5 Å². The standard InChI is InChI=1S/C22H25N3O5/c1-4-24(5-2)22(28)15-10-11-19-17(12-15)25(21(27)14-30-19)13-20(26)23-16-8-6-7-9-18(16)29-3/h6-12H,4-5,13-14H2,1-3H3,(H,23,26). The van der Waals surface area contributed by atoms with Gasteiger partial charge in [0.15, 0.2) is 6.61 Å². The average Bonchev–Trinajstić information content (AvgIpc) is 2.76. The highest BCUT2D eigenvalue weighted by atomic mass is 16.5. The van der Waals surface area contributed by atoms with Gasteiger partial charge in [-0.2, -0.15) is 0 Å². The van der Waals surface area contributed by atoms with Crippen LogP contribution in [0.25, 0.3) is 0 Å². The molecule has 0 bridgehead atoms. The van der Waals surface area contributed by atoms with Gasteiger partial charge < -0.3 is 19.7 Å². The van der Waals surface area contributed by atoms with Crippen molar-refractivity contribution in [2.45, 2.75) is 13.8 Å². The predicted octanol–water partition coefficient (Wildman–Crippen LogP) is 2.54. The summed E-state index contributed by atoms with van der Waals surface area (Å²) in [6.45, 7) is 4.58. The third-order valence-electron chi connectivity index (χ3n) is 4.88. The van der Waals surface area contributed by atoms with Crippen molar-refractivity contribution in [2.24, 2.45) is 0 Å². The van der Waals surface area contributed by atoms with Crippen LogP contribution in [0.15, 0.2) is 42.5 Å². The molecule has 3 amide bonds. The molecule has 0 aromatic heterocycles. The SMILES string of the molecule is CCN(CC)C(=O)c1ccc2c(c1)N(CC(=O)Nc1ccccc1OC)C(=O)CO2. The minimum atomic E-state index is -0.388. The molecule has 1 aliphatic rings. The number of anilines is 2. The van der Waals surface area contributed by atoms with Crippen LogP contribution >= 0.6 is 0 Å². The second-order valence-corrected chi connectivity index (χ2v) is 6.68. The number of carbonyl (C=O) groups is 3. The van der Waals surface area contributed by atoms with Gasteiger partial charge in [0.05, 0.1) is 18.5 Å². The third-order valence-corrected chi connectivity index (χ3v) is 4.88. The Hall–Kier alpha value is -3.55. The quantitative estimate of drug-likeness (QED) is 0.757. The summed E-state index contributed by atoms with van der Waals surface area (Å²) in [5.41, 5.74) is 1.35. The van der Waals surface area contributed by atoms with Crippen LogP contribution in [0, 0.1) is 0 Å². The van der Waals surface area contributed by atoms with Crippen LogP contribution in [0.5, 0.6) is 11.5 Å².